The third-order valence-electron chi connectivity index (χ3n) is 2.88. The fourth-order valence-electron chi connectivity index (χ4n) is 2.11. The van der Waals surface area contributed by atoms with Crippen LogP contribution in [0.1, 0.15) is 6.42 Å². The highest BCUT2D eigenvalue weighted by Crippen LogP contribution is 2.17. The van der Waals surface area contributed by atoms with Crippen molar-refractivity contribution in [2.24, 2.45) is 0 Å². The van der Waals surface area contributed by atoms with Crippen LogP contribution in [0.5, 0.6) is 0 Å². The lowest BCUT2D eigenvalue weighted by molar-refractivity contribution is 0.187. The predicted molar refractivity (Wildman–Crippen MR) is 58.7 cm³/mol. The molecule has 0 bridgehead atoms. The van der Waals surface area contributed by atoms with Crippen LogP contribution in [0.2, 0.25) is 0 Å². The summed E-state index contributed by atoms with van der Waals surface area (Å²) in [5.41, 5.74) is 0. The maximum Gasteiger partial charge on any atom is 0.151 e. The molecule has 0 aromatic heterocycles. The Morgan fingerprint density at radius 2 is 1.86 bits per heavy atom. The van der Waals surface area contributed by atoms with Gasteiger partial charge >= 0.3 is 0 Å². The predicted octanol–water partition coefficient (Wildman–Crippen LogP) is -0.499. The zero-order valence-corrected chi connectivity index (χ0v) is 9.74. The summed E-state index contributed by atoms with van der Waals surface area (Å²) in [5.74, 6) is 0.772. The number of nitrogens with zero attached hydrogens (tertiary/aromatic N) is 1. The van der Waals surface area contributed by atoms with Gasteiger partial charge in [-0.3, -0.25) is 4.90 Å². The molecule has 0 saturated carbocycles. The van der Waals surface area contributed by atoms with Crippen molar-refractivity contribution >= 4 is 22.2 Å². The van der Waals surface area contributed by atoms with E-state index < -0.39 is 9.84 Å². The highest BCUT2D eigenvalue weighted by atomic mass is 35.5. The molecular formula is C8H17ClN2O2S. The molecule has 0 aromatic carbocycles. The number of hydrogen-bond acceptors (Lipinski definition) is 4. The molecule has 0 radical (unpaired) electrons. The maximum atomic E-state index is 11.2. The van der Waals surface area contributed by atoms with Crippen molar-refractivity contribution in [3.05, 3.63) is 0 Å². The Kier molecular flexibility index (Phi) is 4.18. The minimum atomic E-state index is -2.71. The second kappa shape index (κ2) is 4.79. The summed E-state index contributed by atoms with van der Waals surface area (Å²) in [6, 6.07) is 0.298. The average Bonchev–Trinajstić information content (AvgIpc) is 2.48. The summed E-state index contributed by atoms with van der Waals surface area (Å²) in [6.07, 6.45) is 0.836. The Hall–Kier alpha value is 0.160. The lowest BCUT2D eigenvalue weighted by atomic mass is 10.2. The van der Waals surface area contributed by atoms with Gasteiger partial charge in [0.1, 0.15) is 0 Å². The highest BCUT2D eigenvalue weighted by molar-refractivity contribution is 7.91. The molecule has 0 aromatic rings. The monoisotopic (exact) mass is 240 g/mol. The van der Waals surface area contributed by atoms with Crippen LogP contribution in [0.25, 0.3) is 0 Å². The van der Waals surface area contributed by atoms with E-state index in [0.717, 1.165) is 32.6 Å². The molecule has 84 valence electrons. The van der Waals surface area contributed by atoms with Gasteiger partial charge in [0.15, 0.2) is 9.84 Å². The smallest absolute Gasteiger partial charge is 0.151 e. The van der Waals surface area contributed by atoms with Crippen LogP contribution in [0.3, 0.4) is 0 Å². The minimum Gasteiger partial charge on any atom is -0.314 e. The molecule has 2 saturated heterocycles. The van der Waals surface area contributed by atoms with Crippen molar-refractivity contribution in [2.75, 3.05) is 37.7 Å². The zero-order chi connectivity index (χ0) is 9.31. The number of rotatable bonds is 1. The molecule has 4 nitrogen and oxygen atoms in total. The molecule has 2 aliphatic rings. The van der Waals surface area contributed by atoms with Crippen LogP contribution < -0.4 is 5.32 Å². The maximum absolute atomic E-state index is 11.2. The summed E-state index contributed by atoms with van der Waals surface area (Å²) in [7, 11) is -2.71. The molecule has 1 atom stereocenters. The standard InChI is InChI=1S/C8H16N2O2S.ClH/c11-13(12)6-1-8(7-13)10-4-2-9-3-5-10;/h8-9H,1-7H2;1H/t8-;/m0./s1. The topological polar surface area (TPSA) is 49.4 Å². The largest absolute Gasteiger partial charge is 0.314 e. The molecule has 0 aliphatic carbocycles. The van der Waals surface area contributed by atoms with Crippen molar-refractivity contribution in [2.45, 2.75) is 12.5 Å². The van der Waals surface area contributed by atoms with Gasteiger partial charge in [-0.05, 0) is 6.42 Å². The average molecular weight is 241 g/mol. The van der Waals surface area contributed by atoms with E-state index in [2.05, 4.69) is 10.2 Å². The van der Waals surface area contributed by atoms with E-state index in [1.807, 2.05) is 0 Å². The summed E-state index contributed by atoms with van der Waals surface area (Å²) in [4.78, 5) is 2.31. The van der Waals surface area contributed by atoms with Gasteiger partial charge in [-0.2, -0.15) is 0 Å². The SMILES string of the molecule is Cl.O=S1(=O)CC[C@H](N2CCNCC2)C1. The first kappa shape index (κ1) is 12.2. The zero-order valence-electron chi connectivity index (χ0n) is 8.11. The fraction of sp³-hybridized carbons (Fsp3) is 1.00. The van der Waals surface area contributed by atoms with E-state index in [0.29, 0.717) is 17.5 Å². The van der Waals surface area contributed by atoms with Crippen LogP contribution in [0, 0.1) is 0 Å². The van der Waals surface area contributed by atoms with Crippen molar-refractivity contribution in [1.29, 1.82) is 0 Å². The first-order chi connectivity index (χ1) is 6.17. The van der Waals surface area contributed by atoms with Crippen molar-refractivity contribution in [1.82, 2.24) is 10.2 Å². The second-order valence-corrected chi connectivity index (χ2v) is 6.07. The van der Waals surface area contributed by atoms with Gasteiger partial charge in [-0.15, -0.1) is 12.4 Å². The van der Waals surface area contributed by atoms with E-state index in [4.69, 9.17) is 0 Å². The van der Waals surface area contributed by atoms with Crippen molar-refractivity contribution < 1.29 is 8.42 Å². The first-order valence-corrected chi connectivity index (χ1v) is 6.65. The van der Waals surface area contributed by atoms with Gasteiger partial charge < -0.3 is 5.32 Å². The molecule has 2 heterocycles. The third-order valence-corrected chi connectivity index (χ3v) is 4.63. The van der Waals surface area contributed by atoms with Crippen LogP contribution in [-0.2, 0) is 9.84 Å². The fourth-order valence-corrected chi connectivity index (χ4v) is 3.87. The van der Waals surface area contributed by atoms with Gasteiger partial charge in [-0.25, -0.2) is 8.42 Å². The van der Waals surface area contributed by atoms with Crippen molar-refractivity contribution in [3.63, 3.8) is 0 Å². The summed E-state index contributed by atoms with van der Waals surface area (Å²) < 4.78 is 22.5. The van der Waals surface area contributed by atoms with Crippen LogP contribution in [0.4, 0.5) is 0 Å². The number of piperazine rings is 1. The van der Waals surface area contributed by atoms with Crippen LogP contribution in [0.15, 0.2) is 0 Å². The molecule has 2 aliphatic heterocycles. The quantitative estimate of drug-likeness (QED) is 0.672. The minimum absolute atomic E-state index is 0. The lowest BCUT2D eigenvalue weighted by Crippen LogP contribution is -2.48. The number of hydrogen-bond donors (Lipinski definition) is 1. The number of sulfone groups is 1. The molecule has 2 fully saturated rings. The van der Waals surface area contributed by atoms with E-state index >= 15 is 0 Å². The number of halogens is 1. The summed E-state index contributed by atoms with van der Waals surface area (Å²) in [5, 5.41) is 3.27. The van der Waals surface area contributed by atoms with Gasteiger partial charge in [-0.1, -0.05) is 0 Å². The van der Waals surface area contributed by atoms with E-state index in [9.17, 15) is 8.42 Å². The van der Waals surface area contributed by atoms with Crippen LogP contribution >= 0.6 is 12.4 Å². The van der Waals surface area contributed by atoms with E-state index in [1.165, 1.54) is 0 Å². The molecule has 1 N–H and O–H groups in total. The lowest BCUT2D eigenvalue weighted by Gasteiger charge is -2.31. The second-order valence-electron chi connectivity index (χ2n) is 3.84. The number of nitrogens with one attached hydrogen (secondary N) is 1. The molecule has 14 heavy (non-hydrogen) atoms. The third kappa shape index (κ3) is 2.82. The Balaban J connectivity index is 0.000000980. The highest BCUT2D eigenvalue weighted by Gasteiger charge is 2.32. The molecule has 0 unspecified atom stereocenters. The Bertz CT molecular complexity index is 275. The Labute approximate surface area is 91.4 Å². The summed E-state index contributed by atoms with van der Waals surface area (Å²) in [6.45, 7) is 3.99. The normalized spacial score (nSPS) is 32.4. The molecular weight excluding hydrogens is 224 g/mol. The van der Waals surface area contributed by atoms with Gasteiger partial charge in [0.2, 0.25) is 0 Å². The summed E-state index contributed by atoms with van der Waals surface area (Å²) >= 11 is 0. The van der Waals surface area contributed by atoms with Crippen LogP contribution in [-0.4, -0.2) is 57.0 Å². The Morgan fingerprint density at radius 1 is 1.21 bits per heavy atom. The molecule has 6 heteroatoms. The van der Waals surface area contributed by atoms with E-state index in [1.54, 1.807) is 0 Å². The first-order valence-electron chi connectivity index (χ1n) is 4.82. The Morgan fingerprint density at radius 3 is 2.36 bits per heavy atom. The molecule has 0 spiro atoms. The molecule has 0 amide bonds. The van der Waals surface area contributed by atoms with Crippen molar-refractivity contribution in [3.8, 4) is 0 Å². The van der Waals surface area contributed by atoms with Gasteiger partial charge in [0, 0.05) is 32.2 Å². The van der Waals surface area contributed by atoms with Gasteiger partial charge in [0.05, 0.1) is 11.5 Å². The van der Waals surface area contributed by atoms with Gasteiger partial charge in [0.25, 0.3) is 0 Å². The van der Waals surface area contributed by atoms with E-state index in [-0.39, 0.29) is 12.4 Å². The molecule has 2 rings (SSSR count).